The third kappa shape index (κ3) is 6.51. The number of aromatic nitrogens is 3. The number of nitrogens with zero attached hydrogens (tertiary/aromatic N) is 3. The second-order valence-corrected chi connectivity index (χ2v) is 10.5. The number of carboxylic acids is 1. The van der Waals surface area contributed by atoms with Crippen molar-refractivity contribution in [2.75, 3.05) is 5.32 Å². The number of fused-ring (bicyclic) bond motifs is 1. The Hall–Kier alpha value is -4.80. The molecule has 214 valence electrons. The Kier molecular flexibility index (Phi) is 8.36. The lowest BCUT2D eigenvalue weighted by Gasteiger charge is -2.22. The Balaban J connectivity index is 1.70. The lowest BCUT2D eigenvalue weighted by atomic mass is 9.95. The molecule has 10 nitrogen and oxygen atoms in total. The van der Waals surface area contributed by atoms with Crippen LogP contribution in [-0.2, 0) is 9.53 Å². The van der Waals surface area contributed by atoms with E-state index in [-0.39, 0.29) is 22.6 Å². The van der Waals surface area contributed by atoms with E-state index in [1.165, 1.54) is 16.6 Å². The number of carboxylic acid groups (broad SMARTS) is 1. The summed E-state index contributed by atoms with van der Waals surface area (Å²) in [5.74, 6) is -3.13. The molecule has 2 aromatic heterocycles. The molecule has 11 heteroatoms. The van der Waals surface area contributed by atoms with Crippen molar-refractivity contribution in [3.05, 3.63) is 83.4 Å². The molecule has 0 saturated carbocycles. The number of amides is 2. The van der Waals surface area contributed by atoms with Crippen LogP contribution in [0.25, 0.3) is 16.9 Å². The molecule has 4 rings (SSSR count). The summed E-state index contributed by atoms with van der Waals surface area (Å²) in [6.45, 7) is 8.57. The molecule has 2 amide bonds. The Morgan fingerprint density at radius 3 is 2.44 bits per heavy atom. The monoisotopic (exact) mass is 561 g/mol. The zero-order chi connectivity index (χ0) is 29.9. The van der Waals surface area contributed by atoms with Crippen LogP contribution in [0.15, 0.2) is 60.8 Å². The van der Waals surface area contributed by atoms with Gasteiger partial charge in [0.15, 0.2) is 11.5 Å². The number of ether oxygens (including phenoxy) is 1. The minimum Gasteiger partial charge on any atom is -0.481 e. The van der Waals surface area contributed by atoms with Crippen molar-refractivity contribution in [1.29, 1.82) is 0 Å². The summed E-state index contributed by atoms with van der Waals surface area (Å²) in [6.07, 6.45) is 1.25. The maximum atomic E-state index is 15.8. The van der Waals surface area contributed by atoms with Gasteiger partial charge in [0.2, 0.25) is 0 Å². The Morgan fingerprint density at radius 1 is 1.05 bits per heavy atom. The number of hydrogen-bond donors (Lipinski definition) is 3. The number of halogens is 1. The highest BCUT2D eigenvalue weighted by Crippen LogP contribution is 2.30. The fourth-order valence-corrected chi connectivity index (χ4v) is 4.46. The number of anilines is 1. The molecule has 2 aromatic carbocycles. The number of para-hydroxylation sites is 1. The molecule has 2 unspecified atom stereocenters. The first-order valence-electron chi connectivity index (χ1n) is 13.2. The molecular formula is C30H32FN5O5. The van der Waals surface area contributed by atoms with Gasteiger partial charge in [0, 0.05) is 17.4 Å². The van der Waals surface area contributed by atoms with E-state index in [4.69, 9.17) is 4.74 Å². The predicted molar refractivity (Wildman–Crippen MR) is 151 cm³/mol. The van der Waals surface area contributed by atoms with Crippen LogP contribution in [0, 0.1) is 5.82 Å². The molecule has 4 aromatic rings. The van der Waals surface area contributed by atoms with Crippen molar-refractivity contribution >= 4 is 29.2 Å². The molecule has 0 spiro atoms. The van der Waals surface area contributed by atoms with Gasteiger partial charge in [-0.2, -0.15) is 0 Å². The van der Waals surface area contributed by atoms with Crippen LogP contribution in [0.3, 0.4) is 0 Å². The molecule has 0 aliphatic carbocycles. The fraction of sp³-hybridized carbons (Fsp3) is 0.300. The maximum Gasteiger partial charge on any atom is 0.408 e. The van der Waals surface area contributed by atoms with Crippen LogP contribution in [0.5, 0.6) is 0 Å². The molecule has 2 heterocycles. The van der Waals surface area contributed by atoms with Gasteiger partial charge in [-0.3, -0.25) is 9.59 Å². The second kappa shape index (κ2) is 11.7. The summed E-state index contributed by atoms with van der Waals surface area (Å²) in [5.41, 5.74) is 0.653. The number of benzene rings is 2. The van der Waals surface area contributed by atoms with E-state index in [0.29, 0.717) is 23.2 Å². The summed E-state index contributed by atoms with van der Waals surface area (Å²) < 4.78 is 22.5. The number of aliphatic carboxylic acids is 1. The van der Waals surface area contributed by atoms with Crippen molar-refractivity contribution in [3.63, 3.8) is 0 Å². The number of hydrogen-bond acceptors (Lipinski definition) is 6. The first kappa shape index (κ1) is 29.2. The molecule has 0 radical (unpaired) electrons. The highest BCUT2D eigenvalue weighted by Gasteiger charge is 2.25. The summed E-state index contributed by atoms with van der Waals surface area (Å²) in [6, 6.07) is 13.9. The largest absolute Gasteiger partial charge is 0.481 e. The molecule has 0 saturated heterocycles. The van der Waals surface area contributed by atoms with Crippen LogP contribution >= 0.6 is 0 Å². The lowest BCUT2D eigenvalue weighted by molar-refractivity contribution is -0.138. The van der Waals surface area contributed by atoms with Gasteiger partial charge in [0.25, 0.3) is 5.91 Å². The van der Waals surface area contributed by atoms with E-state index >= 15 is 4.39 Å². The summed E-state index contributed by atoms with van der Waals surface area (Å²) in [7, 11) is 0. The van der Waals surface area contributed by atoms with Crippen molar-refractivity contribution in [3.8, 4) is 11.4 Å². The van der Waals surface area contributed by atoms with E-state index in [0.717, 1.165) is 0 Å². The van der Waals surface area contributed by atoms with Gasteiger partial charge in [-0.05, 0) is 63.9 Å². The zero-order valence-corrected chi connectivity index (χ0v) is 23.4. The highest BCUT2D eigenvalue weighted by molar-refractivity contribution is 6.08. The van der Waals surface area contributed by atoms with Crippen molar-refractivity contribution in [2.24, 2.45) is 0 Å². The summed E-state index contributed by atoms with van der Waals surface area (Å²) in [4.78, 5) is 42.0. The number of carbonyl (C=O) groups excluding carboxylic acids is 2. The van der Waals surface area contributed by atoms with Crippen LogP contribution < -0.4 is 10.6 Å². The maximum absolute atomic E-state index is 15.8. The van der Waals surface area contributed by atoms with E-state index in [1.54, 1.807) is 83.3 Å². The van der Waals surface area contributed by atoms with Crippen LogP contribution in [-0.4, -0.2) is 43.3 Å². The number of carbonyl (C=O) groups is 3. The standard InChI is InChI=1S/C30H32FN5O5/c1-6-18(28(38)39)20-11-7-8-14-22(20)33-27(37)25-23-15-10-16-36(23)35-26(34-25)21-13-9-12-19(24(21)31)17(2)32-29(40)41-30(3,4)5/h7-18H,6H2,1-5H3,(H,32,40)(H,33,37)(H,38,39). The number of nitrogens with one attached hydrogen (secondary N) is 2. The molecule has 41 heavy (non-hydrogen) atoms. The molecule has 0 bridgehead atoms. The first-order valence-corrected chi connectivity index (χ1v) is 13.2. The smallest absolute Gasteiger partial charge is 0.408 e. The van der Waals surface area contributed by atoms with Gasteiger partial charge < -0.3 is 20.5 Å². The summed E-state index contributed by atoms with van der Waals surface area (Å²) >= 11 is 0. The fourth-order valence-electron chi connectivity index (χ4n) is 4.46. The van der Waals surface area contributed by atoms with E-state index in [1.807, 2.05) is 0 Å². The number of alkyl carbamates (subject to hydrolysis) is 1. The van der Waals surface area contributed by atoms with Crippen molar-refractivity contribution < 1.29 is 28.6 Å². The molecule has 0 aliphatic rings. The SMILES string of the molecule is CCC(C(=O)O)c1ccccc1NC(=O)c1nc(-c2cccc(C(C)NC(=O)OC(C)(C)C)c2F)nn2cccc12. The molecule has 0 aliphatic heterocycles. The Bertz CT molecular complexity index is 1610. The van der Waals surface area contributed by atoms with Gasteiger partial charge in [0.1, 0.15) is 11.4 Å². The van der Waals surface area contributed by atoms with Gasteiger partial charge in [-0.1, -0.05) is 37.3 Å². The van der Waals surface area contributed by atoms with Gasteiger partial charge in [-0.15, -0.1) is 5.10 Å². The normalized spacial score (nSPS) is 12.9. The van der Waals surface area contributed by atoms with Gasteiger partial charge in [-0.25, -0.2) is 18.7 Å². The van der Waals surface area contributed by atoms with Crippen molar-refractivity contribution in [2.45, 2.75) is 58.6 Å². The van der Waals surface area contributed by atoms with Crippen LogP contribution in [0.1, 0.15) is 74.6 Å². The predicted octanol–water partition coefficient (Wildman–Crippen LogP) is 5.95. The molecule has 0 fully saturated rings. The molecule has 2 atom stereocenters. The quantitative estimate of drug-likeness (QED) is 0.242. The molecule has 3 N–H and O–H groups in total. The van der Waals surface area contributed by atoms with E-state index < -0.39 is 41.3 Å². The first-order chi connectivity index (χ1) is 19.4. The minimum absolute atomic E-state index is 0.0251. The average molecular weight is 562 g/mol. The Labute approximate surface area is 236 Å². The van der Waals surface area contributed by atoms with Crippen molar-refractivity contribution in [1.82, 2.24) is 19.9 Å². The zero-order valence-electron chi connectivity index (χ0n) is 23.4. The number of rotatable bonds is 8. The average Bonchev–Trinajstić information content (AvgIpc) is 3.37. The lowest BCUT2D eigenvalue weighted by Crippen LogP contribution is -2.34. The molecular weight excluding hydrogens is 529 g/mol. The third-order valence-electron chi connectivity index (χ3n) is 6.37. The second-order valence-electron chi connectivity index (χ2n) is 10.5. The summed E-state index contributed by atoms with van der Waals surface area (Å²) in [5, 5.41) is 19.5. The van der Waals surface area contributed by atoms with Gasteiger partial charge in [0.05, 0.1) is 23.0 Å². The van der Waals surface area contributed by atoms with E-state index in [2.05, 4.69) is 20.7 Å². The van der Waals surface area contributed by atoms with Gasteiger partial charge >= 0.3 is 12.1 Å². The highest BCUT2D eigenvalue weighted by atomic mass is 19.1. The third-order valence-corrected chi connectivity index (χ3v) is 6.37. The van der Waals surface area contributed by atoms with Crippen LogP contribution in [0.2, 0.25) is 0 Å². The van der Waals surface area contributed by atoms with E-state index in [9.17, 15) is 19.5 Å². The Morgan fingerprint density at radius 2 is 1.76 bits per heavy atom. The topological polar surface area (TPSA) is 135 Å². The minimum atomic E-state index is -1.00. The van der Waals surface area contributed by atoms with Crippen LogP contribution in [0.4, 0.5) is 14.9 Å².